The number of piperidine rings is 1. The van der Waals surface area contributed by atoms with Crippen molar-refractivity contribution in [3.8, 4) is 0 Å². The van der Waals surface area contributed by atoms with Crippen LogP contribution in [0.2, 0.25) is 0 Å². The summed E-state index contributed by atoms with van der Waals surface area (Å²) in [5.41, 5.74) is 0. The van der Waals surface area contributed by atoms with Crippen LogP contribution < -0.4 is 5.32 Å². The predicted octanol–water partition coefficient (Wildman–Crippen LogP) is 3.54. The molecule has 1 amide bonds. The van der Waals surface area contributed by atoms with Crippen molar-refractivity contribution in [1.29, 1.82) is 0 Å². The van der Waals surface area contributed by atoms with Gasteiger partial charge in [-0.2, -0.15) is 0 Å². The van der Waals surface area contributed by atoms with E-state index in [2.05, 4.69) is 33.1 Å². The summed E-state index contributed by atoms with van der Waals surface area (Å²) in [5, 5.41) is 5.32. The molecule has 0 radical (unpaired) electrons. The highest BCUT2D eigenvalue weighted by atomic mass is 79.9. The minimum absolute atomic E-state index is 0. The van der Waals surface area contributed by atoms with Gasteiger partial charge >= 0.3 is 0 Å². The molecular weight excluding hydrogens is 348 g/mol. The summed E-state index contributed by atoms with van der Waals surface area (Å²) in [6, 6.07) is 2.33. The Morgan fingerprint density at radius 2 is 2.21 bits per heavy atom. The molecule has 1 fully saturated rings. The van der Waals surface area contributed by atoms with Crippen LogP contribution in [0.5, 0.6) is 0 Å². The third-order valence-electron chi connectivity index (χ3n) is 3.25. The van der Waals surface area contributed by atoms with Gasteiger partial charge in [-0.3, -0.25) is 4.79 Å². The van der Waals surface area contributed by atoms with E-state index in [1.165, 1.54) is 11.3 Å². The molecule has 108 valence electrons. The zero-order valence-electron chi connectivity index (χ0n) is 11.0. The zero-order chi connectivity index (χ0) is 13.0. The Balaban J connectivity index is 0.00000180. The first-order valence-electron chi connectivity index (χ1n) is 6.48. The van der Waals surface area contributed by atoms with Crippen molar-refractivity contribution >= 4 is 45.6 Å². The largest absolute Gasteiger partial charge is 0.335 e. The average Bonchev–Trinajstić information content (AvgIpc) is 2.83. The van der Waals surface area contributed by atoms with Gasteiger partial charge in [-0.05, 0) is 54.3 Å². The van der Waals surface area contributed by atoms with E-state index < -0.39 is 0 Å². The lowest BCUT2D eigenvalue weighted by Crippen LogP contribution is -2.46. The van der Waals surface area contributed by atoms with Gasteiger partial charge in [0.2, 0.25) is 0 Å². The lowest BCUT2D eigenvalue weighted by molar-refractivity contribution is 0.0647. The monoisotopic (exact) mass is 366 g/mol. The van der Waals surface area contributed by atoms with Crippen LogP contribution in [0.15, 0.2) is 15.9 Å². The van der Waals surface area contributed by atoms with Crippen LogP contribution in [-0.2, 0) is 0 Å². The number of carbonyl (C=O) groups excluding carboxylic acids is 1. The molecule has 1 aromatic rings. The Morgan fingerprint density at radius 1 is 1.53 bits per heavy atom. The first kappa shape index (κ1) is 17.0. The number of hydrogen-bond donors (Lipinski definition) is 1. The fraction of sp³-hybridized carbons (Fsp3) is 0.615. The van der Waals surface area contributed by atoms with Gasteiger partial charge < -0.3 is 10.2 Å². The van der Waals surface area contributed by atoms with Gasteiger partial charge in [-0.15, -0.1) is 23.7 Å². The number of amides is 1. The van der Waals surface area contributed by atoms with Gasteiger partial charge in [0, 0.05) is 22.4 Å². The van der Waals surface area contributed by atoms with E-state index in [0.29, 0.717) is 6.04 Å². The highest BCUT2D eigenvalue weighted by molar-refractivity contribution is 9.10. The van der Waals surface area contributed by atoms with Crippen molar-refractivity contribution < 1.29 is 4.79 Å². The molecule has 1 saturated heterocycles. The molecule has 3 nitrogen and oxygen atoms in total. The van der Waals surface area contributed by atoms with E-state index in [4.69, 9.17) is 0 Å². The summed E-state index contributed by atoms with van der Waals surface area (Å²) < 4.78 is 0.998. The van der Waals surface area contributed by atoms with Crippen molar-refractivity contribution in [2.45, 2.75) is 32.2 Å². The van der Waals surface area contributed by atoms with Crippen LogP contribution in [0.4, 0.5) is 0 Å². The lowest BCUT2D eigenvalue weighted by atomic mass is 10.0. The van der Waals surface area contributed by atoms with Gasteiger partial charge in [-0.25, -0.2) is 0 Å². The number of rotatable bonds is 4. The summed E-state index contributed by atoms with van der Waals surface area (Å²) in [6.07, 6.45) is 3.15. The maximum absolute atomic E-state index is 12.5. The predicted molar refractivity (Wildman–Crippen MR) is 86.5 cm³/mol. The van der Waals surface area contributed by atoms with Crippen molar-refractivity contribution in [2.75, 3.05) is 19.6 Å². The number of carbonyl (C=O) groups is 1. The van der Waals surface area contributed by atoms with E-state index in [-0.39, 0.29) is 18.3 Å². The molecule has 2 rings (SSSR count). The number of thiophene rings is 1. The highest BCUT2D eigenvalue weighted by Crippen LogP contribution is 2.23. The Labute approximate surface area is 133 Å². The molecule has 1 aromatic heterocycles. The fourth-order valence-corrected chi connectivity index (χ4v) is 3.76. The van der Waals surface area contributed by atoms with Crippen LogP contribution in [0.25, 0.3) is 0 Å². The van der Waals surface area contributed by atoms with Gasteiger partial charge in [0.1, 0.15) is 0 Å². The Hall–Kier alpha value is -0.100. The Morgan fingerprint density at radius 3 is 2.74 bits per heavy atom. The van der Waals surface area contributed by atoms with Gasteiger partial charge in [0.15, 0.2) is 0 Å². The van der Waals surface area contributed by atoms with Crippen LogP contribution in [0.1, 0.15) is 35.9 Å². The molecule has 1 N–H and O–H groups in total. The van der Waals surface area contributed by atoms with Crippen LogP contribution >= 0.6 is 39.7 Å². The van der Waals surface area contributed by atoms with Crippen molar-refractivity contribution in [1.82, 2.24) is 10.2 Å². The first-order chi connectivity index (χ1) is 8.72. The van der Waals surface area contributed by atoms with E-state index in [1.807, 2.05) is 11.4 Å². The highest BCUT2D eigenvalue weighted by Gasteiger charge is 2.26. The van der Waals surface area contributed by atoms with Crippen LogP contribution in [0, 0.1) is 0 Å². The van der Waals surface area contributed by atoms with E-state index in [0.717, 1.165) is 48.2 Å². The van der Waals surface area contributed by atoms with Crippen molar-refractivity contribution in [3.63, 3.8) is 0 Å². The molecule has 0 bridgehead atoms. The molecule has 0 spiro atoms. The molecule has 2 heterocycles. The smallest absolute Gasteiger partial charge is 0.264 e. The first-order valence-corrected chi connectivity index (χ1v) is 8.15. The molecule has 0 unspecified atom stereocenters. The molecule has 0 aliphatic carbocycles. The standard InChI is InChI=1S/C13H19BrN2OS.ClH/c1-2-7-16(11-3-5-15-6-4-11)13(17)12-8-10(14)9-18-12;/h8-9,11,15H,2-7H2,1H3;1H. The minimum atomic E-state index is 0. The number of nitrogens with one attached hydrogen (secondary N) is 1. The number of halogens is 2. The van der Waals surface area contributed by atoms with E-state index in [9.17, 15) is 4.79 Å². The molecule has 0 atom stereocenters. The minimum Gasteiger partial charge on any atom is -0.335 e. The maximum atomic E-state index is 12.5. The second-order valence-corrected chi connectivity index (χ2v) is 6.44. The average molecular weight is 368 g/mol. The van der Waals surface area contributed by atoms with Crippen LogP contribution in [-0.4, -0.2) is 36.5 Å². The summed E-state index contributed by atoms with van der Waals surface area (Å²) in [5.74, 6) is 0.194. The molecular formula is C13H20BrClN2OS. The molecule has 1 aliphatic heterocycles. The second kappa shape index (κ2) is 8.25. The van der Waals surface area contributed by atoms with Gasteiger partial charge in [0.05, 0.1) is 4.88 Å². The SMILES string of the molecule is CCCN(C(=O)c1cc(Br)cs1)C1CCNCC1.Cl. The normalized spacial score (nSPS) is 15.9. The third kappa shape index (κ3) is 4.45. The zero-order valence-corrected chi connectivity index (χ0v) is 14.2. The molecule has 0 aromatic carbocycles. The summed E-state index contributed by atoms with van der Waals surface area (Å²) in [4.78, 5) is 15.5. The maximum Gasteiger partial charge on any atom is 0.264 e. The van der Waals surface area contributed by atoms with Crippen LogP contribution in [0.3, 0.4) is 0 Å². The summed E-state index contributed by atoms with van der Waals surface area (Å²) in [7, 11) is 0. The van der Waals surface area contributed by atoms with Crippen molar-refractivity contribution in [3.05, 3.63) is 20.8 Å². The number of nitrogens with zero attached hydrogens (tertiary/aromatic N) is 1. The summed E-state index contributed by atoms with van der Waals surface area (Å²) >= 11 is 4.94. The second-order valence-electron chi connectivity index (χ2n) is 4.61. The van der Waals surface area contributed by atoms with Gasteiger partial charge in [-0.1, -0.05) is 6.92 Å². The van der Waals surface area contributed by atoms with E-state index in [1.54, 1.807) is 0 Å². The molecule has 1 aliphatic rings. The Kier molecular flexibility index (Phi) is 7.36. The topological polar surface area (TPSA) is 32.3 Å². The summed E-state index contributed by atoms with van der Waals surface area (Å²) in [6.45, 7) is 5.03. The van der Waals surface area contributed by atoms with Gasteiger partial charge in [0.25, 0.3) is 5.91 Å². The van der Waals surface area contributed by atoms with Crippen molar-refractivity contribution in [2.24, 2.45) is 0 Å². The molecule has 6 heteroatoms. The third-order valence-corrected chi connectivity index (χ3v) is 4.93. The quantitative estimate of drug-likeness (QED) is 0.883. The Bertz CT molecular complexity index is 407. The molecule has 0 saturated carbocycles. The lowest BCUT2D eigenvalue weighted by Gasteiger charge is -2.34. The number of hydrogen-bond acceptors (Lipinski definition) is 3. The fourth-order valence-electron chi connectivity index (χ4n) is 2.38. The van der Waals surface area contributed by atoms with E-state index >= 15 is 0 Å². The molecule has 19 heavy (non-hydrogen) atoms.